The Hall–Kier alpha value is -3.48. The predicted molar refractivity (Wildman–Crippen MR) is 96.8 cm³/mol. The molecule has 0 spiro atoms. The number of rotatable bonds is 8. The van der Waals surface area contributed by atoms with E-state index >= 15 is 0 Å². The molecule has 0 amide bonds. The van der Waals surface area contributed by atoms with E-state index in [9.17, 15) is 4.79 Å². The van der Waals surface area contributed by atoms with E-state index in [1.807, 2.05) is 24.3 Å². The summed E-state index contributed by atoms with van der Waals surface area (Å²) in [7, 11) is 3.13. The molecule has 27 heavy (non-hydrogen) atoms. The minimum absolute atomic E-state index is 0.00618. The van der Waals surface area contributed by atoms with Gasteiger partial charge in [0, 0.05) is 11.6 Å². The van der Waals surface area contributed by atoms with Gasteiger partial charge in [0.15, 0.2) is 23.9 Å². The second-order valence-electron chi connectivity index (χ2n) is 5.51. The summed E-state index contributed by atoms with van der Waals surface area (Å²) in [6.07, 6.45) is 0. The molecule has 0 unspecified atom stereocenters. The third-order valence-electron chi connectivity index (χ3n) is 3.71. The first-order chi connectivity index (χ1) is 13.2. The highest BCUT2D eigenvalue weighted by Crippen LogP contribution is 2.32. The summed E-state index contributed by atoms with van der Waals surface area (Å²) in [5.74, 6) is 1.84. The third-order valence-corrected chi connectivity index (χ3v) is 3.71. The molecule has 0 aliphatic carbocycles. The Balaban J connectivity index is 1.55. The summed E-state index contributed by atoms with van der Waals surface area (Å²) in [5, 5.41) is 3.92. The summed E-state index contributed by atoms with van der Waals surface area (Å²) >= 11 is 0. The van der Waals surface area contributed by atoms with Crippen molar-refractivity contribution in [3.05, 3.63) is 60.3 Å². The van der Waals surface area contributed by atoms with Crippen LogP contribution in [0.15, 0.2) is 59.1 Å². The number of esters is 1. The molecule has 0 bridgehead atoms. The maximum absolute atomic E-state index is 11.8. The molecule has 7 nitrogen and oxygen atoms in total. The van der Waals surface area contributed by atoms with Gasteiger partial charge in [0.1, 0.15) is 18.1 Å². The van der Waals surface area contributed by atoms with Crippen LogP contribution in [0, 0.1) is 0 Å². The van der Waals surface area contributed by atoms with E-state index in [0.29, 0.717) is 28.7 Å². The van der Waals surface area contributed by atoms with Crippen LogP contribution < -0.4 is 14.2 Å². The minimum atomic E-state index is -0.491. The van der Waals surface area contributed by atoms with Gasteiger partial charge in [0.2, 0.25) is 0 Å². The van der Waals surface area contributed by atoms with Gasteiger partial charge in [0.25, 0.3) is 0 Å². The molecule has 0 aliphatic rings. The second-order valence-corrected chi connectivity index (χ2v) is 5.51. The van der Waals surface area contributed by atoms with E-state index in [1.165, 1.54) is 0 Å². The van der Waals surface area contributed by atoms with Gasteiger partial charge in [-0.3, -0.25) is 0 Å². The standard InChI is InChI=1S/C20H19NO6/c1-23-17-9-8-14(10-19(17)24-2)18-11-15(21-27-18)12-26-20(22)13-25-16-6-4-3-5-7-16/h3-11H,12-13H2,1-2H3. The zero-order valence-corrected chi connectivity index (χ0v) is 15.0. The lowest BCUT2D eigenvalue weighted by Gasteiger charge is -2.07. The maximum Gasteiger partial charge on any atom is 0.344 e. The molecule has 3 rings (SSSR count). The number of carbonyl (C=O) groups is 1. The number of nitrogens with zero attached hydrogens (tertiary/aromatic N) is 1. The van der Waals surface area contributed by atoms with Crippen LogP contribution in [0.5, 0.6) is 17.2 Å². The summed E-state index contributed by atoms with van der Waals surface area (Å²) in [4.78, 5) is 11.8. The number of hydrogen-bond donors (Lipinski definition) is 0. The highest BCUT2D eigenvalue weighted by molar-refractivity contribution is 5.71. The van der Waals surface area contributed by atoms with E-state index in [0.717, 1.165) is 5.56 Å². The molecule has 0 saturated carbocycles. The van der Waals surface area contributed by atoms with Crippen molar-refractivity contribution in [2.24, 2.45) is 0 Å². The van der Waals surface area contributed by atoms with Gasteiger partial charge in [-0.2, -0.15) is 0 Å². The molecular formula is C20H19NO6. The van der Waals surface area contributed by atoms with Crippen molar-refractivity contribution in [1.82, 2.24) is 5.16 Å². The largest absolute Gasteiger partial charge is 0.493 e. The molecule has 140 valence electrons. The average Bonchev–Trinajstić information content (AvgIpc) is 3.20. The lowest BCUT2D eigenvalue weighted by atomic mass is 10.1. The van der Waals surface area contributed by atoms with E-state index in [1.54, 1.807) is 44.6 Å². The van der Waals surface area contributed by atoms with E-state index in [4.69, 9.17) is 23.5 Å². The molecule has 1 aromatic heterocycles. The summed E-state index contributed by atoms with van der Waals surface area (Å²) in [6.45, 7) is -0.182. The van der Waals surface area contributed by atoms with Crippen LogP contribution in [-0.4, -0.2) is 32.0 Å². The topological polar surface area (TPSA) is 80.0 Å². The van der Waals surface area contributed by atoms with Gasteiger partial charge in [-0.1, -0.05) is 23.4 Å². The first kappa shape index (κ1) is 18.3. The fourth-order valence-corrected chi connectivity index (χ4v) is 2.36. The van der Waals surface area contributed by atoms with Crippen LogP contribution in [0.4, 0.5) is 0 Å². The third kappa shape index (κ3) is 4.78. The second kappa shape index (κ2) is 8.75. The Labute approximate surface area is 156 Å². The molecule has 0 radical (unpaired) electrons. The quantitative estimate of drug-likeness (QED) is 0.562. The zero-order valence-electron chi connectivity index (χ0n) is 15.0. The summed E-state index contributed by atoms with van der Waals surface area (Å²) in [6, 6.07) is 16.1. The van der Waals surface area contributed by atoms with Gasteiger partial charge in [-0.05, 0) is 30.3 Å². The molecule has 7 heteroatoms. The average molecular weight is 369 g/mol. The highest BCUT2D eigenvalue weighted by atomic mass is 16.6. The van der Waals surface area contributed by atoms with Crippen molar-refractivity contribution in [2.75, 3.05) is 20.8 Å². The molecule has 0 atom stereocenters. The van der Waals surface area contributed by atoms with E-state index < -0.39 is 5.97 Å². The first-order valence-electron chi connectivity index (χ1n) is 8.21. The van der Waals surface area contributed by atoms with Gasteiger partial charge in [0.05, 0.1) is 14.2 Å². The van der Waals surface area contributed by atoms with Crippen LogP contribution in [0.1, 0.15) is 5.69 Å². The molecule has 0 fully saturated rings. The van der Waals surface area contributed by atoms with E-state index in [2.05, 4.69) is 5.16 Å². The molecule has 1 heterocycles. The number of carbonyl (C=O) groups excluding carboxylic acids is 1. The number of ether oxygens (including phenoxy) is 4. The number of benzene rings is 2. The van der Waals surface area contributed by atoms with Crippen LogP contribution in [0.25, 0.3) is 11.3 Å². The van der Waals surface area contributed by atoms with Gasteiger partial charge in [-0.15, -0.1) is 0 Å². The fourth-order valence-electron chi connectivity index (χ4n) is 2.36. The van der Waals surface area contributed by atoms with E-state index in [-0.39, 0.29) is 13.2 Å². The van der Waals surface area contributed by atoms with Crippen LogP contribution in [0.2, 0.25) is 0 Å². The Kier molecular flexibility index (Phi) is 5.94. The van der Waals surface area contributed by atoms with Crippen molar-refractivity contribution < 1.29 is 28.3 Å². The van der Waals surface area contributed by atoms with Crippen LogP contribution in [0.3, 0.4) is 0 Å². The van der Waals surface area contributed by atoms with Gasteiger partial charge >= 0.3 is 5.97 Å². The molecule has 3 aromatic rings. The number of hydrogen-bond acceptors (Lipinski definition) is 7. The maximum atomic E-state index is 11.8. The summed E-state index contributed by atoms with van der Waals surface area (Å²) < 4.78 is 26.3. The Morgan fingerprint density at radius 2 is 1.78 bits per heavy atom. The van der Waals surface area contributed by atoms with Gasteiger partial charge in [-0.25, -0.2) is 4.79 Å². The van der Waals surface area contributed by atoms with Crippen LogP contribution >= 0.6 is 0 Å². The normalized spacial score (nSPS) is 10.3. The summed E-state index contributed by atoms with van der Waals surface area (Å²) in [5.41, 5.74) is 1.26. The van der Waals surface area contributed by atoms with Crippen molar-refractivity contribution in [1.29, 1.82) is 0 Å². The fraction of sp³-hybridized carbons (Fsp3) is 0.200. The molecule has 0 aliphatic heterocycles. The monoisotopic (exact) mass is 369 g/mol. The lowest BCUT2D eigenvalue weighted by molar-refractivity contribution is -0.147. The van der Waals surface area contributed by atoms with Crippen molar-refractivity contribution in [2.45, 2.75) is 6.61 Å². The molecule has 0 saturated heterocycles. The zero-order chi connectivity index (χ0) is 19.1. The van der Waals surface area contributed by atoms with Gasteiger partial charge < -0.3 is 23.5 Å². The van der Waals surface area contributed by atoms with Crippen molar-refractivity contribution in [3.63, 3.8) is 0 Å². The Bertz CT molecular complexity index is 890. The SMILES string of the molecule is COc1ccc(-c2cc(COC(=O)COc3ccccc3)no2)cc1OC. The Morgan fingerprint density at radius 1 is 1.00 bits per heavy atom. The van der Waals surface area contributed by atoms with Crippen molar-refractivity contribution in [3.8, 4) is 28.6 Å². The molecular weight excluding hydrogens is 350 g/mol. The Morgan fingerprint density at radius 3 is 2.52 bits per heavy atom. The lowest BCUT2D eigenvalue weighted by Crippen LogP contribution is -2.14. The first-order valence-corrected chi connectivity index (χ1v) is 8.21. The number of para-hydroxylation sites is 1. The minimum Gasteiger partial charge on any atom is -0.493 e. The van der Waals surface area contributed by atoms with Crippen molar-refractivity contribution >= 4 is 5.97 Å². The number of methoxy groups -OCH3 is 2. The molecule has 0 N–H and O–H groups in total. The number of aromatic nitrogens is 1. The van der Waals surface area contributed by atoms with Crippen LogP contribution in [-0.2, 0) is 16.1 Å². The smallest absolute Gasteiger partial charge is 0.344 e. The molecule has 2 aromatic carbocycles. The highest BCUT2D eigenvalue weighted by Gasteiger charge is 2.12. The predicted octanol–water partition coefficient (Wildman–Crippen LogP) is 3.48.